The van der Waals surface area contributed by atoms with Gasteiger partial charge in [0.1, 0.15) is 5.75 Å². The van der Waals surface area contributed by atoms with Crippen LogP contribution in [-0.4, -0.2) is 50.6 Å². The average Bonchev–Trinajstić information content (AvgIpc) is 3.08. The molecule has 1 aliphatic carbocycles. The number of halogens is 1. The lowest BCUT2D eigenvalue weighted by atomic mass is 10.1. The molecule has 1 saturated carbocycles. The molecule has 0 radical (unpaired) electrons. The van der Waals surface area contributed by atoms with Crippen LogP contribution in [0.2, 0.25) is 0 Å². The molecule has 0 aromatic heterocycles. The van der Waals surface area contributed by atoms with Crippen LogP contribution in [0.25, 0.3) is 0 Å². The van der Waals surface area contributed by atoms with Gasteiger partial charge in [-0.3, -0.25) is 0 Å². The van der Waals surface area contributed by atoms with E-state index < -0.39 is 0 Å². The van der Waals surface area contributed by atoms with E-state index in [9.17, 15) is 5.11 Å². The average molecular weight is 491 g/mol. The molecule has 0 aliphatic heterocycles. The maximum Gasteiger partial charge on any atom is 0.191 e. The van der Waals surface area contributed by atoms with Crippen molar-refractivity contribution in [3.05, 3.63) is 29.8 Å². The second-order valence-electron chi connectivity index (χ2n) is 6.70. The smallest absolute Gasteiger partial charge is 0.191 e. The molecule has 6 nitrogen and oxygen atoms in total. The van der Waals surface area contributed by atoms with Crippen molar-refractivity contribution in [2.75, 3.05) is 33.4 Å². The van der Waals surface area contributed by atoms with Gasteiger partial charge in [-0.25, -0.2) is 4.99 Å². The summed E-state index contributed by atoms with van der Waals surface area (Å²) in [5.41, 5.74) is 1.14. The molecule has 0 heterocycles. The third-order valence-corrected chi connectivity index (χ3v) is 4.61. The summed E-state index contributed by atoms with van der Waals surface area (Å²) < 4.78 is 10.6. The minimum Gasteiger partial charge on any atom is -0.497 e. The van der Waals surface area contributed by atoms with Gasteiger partial charge in [0.25, 0.3) is 0 Å². The highest BCUT2D eigenvalue weighted by Gasteiger charge is 2.22. The molecule has 2 rings (SSSR count). The number of benzene rings is 1. The molecule has 154 valence electrons. The number of nitrogens with one attached hydrogen (secondary N) is 2. The first-order valence-corrected chi connectivity index (χ1v) is 9.62. The van der Waals surface area contributed by atoms with Crippen LogP contribution >= 0.6 is 24.0 Å². The van der Waals surface area contributed by atoms with Crippen LogP contribution in [-0.2, 0) is 11.3 Å². The Balaban J connectivity index is 0.00000364. The Morgan fingerprint density at radius 1 is 1.22 bits per heavy atom. The molecule has 0 saturated heterocycles. The van der Waals surface area contributed by atoms with E-state index in [0.717, 1.165) is 69.3 Å². The highest BCUT2D eigenvalue weighted by molar-refractivity contribution is 14.0. The van der Waals surface area contributed by atoms with Gasteiger partial charge in [0.15, 0.2) is 5.96 Å². The fourth-order valence-corrected chi connectivity index (χ4v) is 3.08. The van der Waals surface area contributed by atoms with Crippen LogP contribution in [0.1, 0.15) is 38.2 Å². The summed E-state index contributed by atoms with van der Waals surface area (Å²) in [6, 6.07) is 7.96. The Bertz CT molecular complexity index is 540. The molecule has 1 aromatic carbocycles. The van der Waals surface area contributed by atoms with E-state index in [0.29, 0.717) is 12.5 Å². The maximum atomic E-state index is 9.69. The molecule has 2 unspecified atom stereocenters. The topological polar surface area (TPSA) is 75.1 Å². The van der Waals surface area contributed by atoms with Gasteiger partial charge < -0.3 is 25.2 Å². The number of hydrogen-bond acceptors (Lipinski definition) is 4. The second-order valence-corrected chi connectivity index (χ2v) is 6.70. The van der Waals surface area contributed by atoms with Gasteiger partial charge in [-0.05, 0) is 56.2 Å². The number of aliphatic imine (C=N–C) groups is 1. The molecule has 0 spiro atoms. The molecule has 1 fully saturated rings. The van der Waals surface area contributed by atoms with Crippen molar-refractivity contribution < 1.29 is 14.6 Å². The van der Waals surface area contributed by atoms with Crippen molar-refractivity contribution in [2.45, 2.75) is 45.3 Å². The van der Waals surface area contributed by atoms with Crippen LogP contribution in [0.3, 0.4) is 0 Å². The zero-order chi connectivity index (χ0) is 18.6. The predicted molar refractivity (Wildman–Crippen MR) is 120 cm³/mol. The fraction of sp³-hybridized carbons (Fsp3) is 0.650. The number of guanidine groups is 1. The van der Waals surface area contributed by atoms with E-state index in [2.05, 4.69) is 10.6 Å². The van der Waals surface area contributed by atoms with Crippen molar-refractivity contribution in [2.24, 2.45) is 10.9 Å². The maximum absolute atomic E-state index is 9.69. The third kappa shape index (κ3) is 9.62. The number of ether oxygens (including phenoxy) is 2. The highest BCUT2D eigenvalue weighted by atomic mass is 127. The lowest BCUT2D eigenvalue weighted by Gasteiger charge is -2.16. The van der Waals surface area contributed by atoms with Crippen molar-refractivity contribution in [3.63, 3.8) is 0 Å². The fourth-order valence-electron chi connectivity index (χ4n) is 3.08. The normalized spacial score (nSPS) is 19.4. The van der Waals surface area contributed by atoms with Gasteiger partial charge in [0.2, 0.25) is 0 Å². The molecule has 27 heavy (non-hydrogen) atoms. The van der Waals surface area contributed by atoms with Gasteiger partial charge >= 0.3 is 0 Å². The molecule has 1 aromatic rings. The molecule has 7 heteroatoms. The minimum atomic E-state index is -0.138. The predicted octanol–water partition coefficient (Wildman–Crippen LogP) is 2.94. The molecule has 3 N–H and O–H groups in total. The lowest BCUT2D eigenvalue weighted by Crippen LogP contribution is -2.40. The first-order valence-electron chi connectivity index (χ1n) is 9.62. The van der Waals surface area contributed by atoms with Crippen LogP contribution in [0.15, 0.2) is 29.3 Å². The van der Waals surface area contributed by atoms with Crippen LogP contribution < -0.4 is 15.4 Å². The monoisotopic (exact) mass is 491 g/mol. The summed E-state index contributed by atoms with van der Waals surface area (Å²) in [7, 11) is 1.67. The first-order chi connectivity index (χ1) is 12.7. The van der Waals surface area contributed by atoms with Crippen molar-refractivity contribution in [1.82, 2.24) is 10.6 Å². The number of hydrogen-bond donors (Lipinski definition) is 3. The lowest BCUT2D eigenvalue weighted by molar-refractivity contribution is 0.145. The Hall–Kier alpha value is -1.06. The van der Waals surface area contributed by atoms with E-state index in [1.54, 1.807) is 7.11 Å². The van der Waals surface area contributed by atoms with E-state index in [4.69, 9.17) is 14.5 Å². The number of nitrogens with zero attached hydrogens (tertiary/aromatic N) is 1. The number of aliphatic hydroxyl groups excluding tert-OH is 1. The van der Waals surface area contributed by atoms with Gasteiger partial charge in [-0.2, -0.15) is 0 Å². The number of aliphatic hydroxyl groups is 1. The van der Waals surface area contributed by atoms with Crippen LogP contribution in [0, 0.1) is 5.92 Å². The van der Waals surface area contributed by atoms with Crippen molar-refractivity contribution >= 4 is 29.9 Å². The molecule has 2 atom stereocenters. The second kappa shape index (κ2) is 14.0. The molecule has 0 amide bonds. The molecule has 1 aliphatic rings. The van der Waals surface area contributed by atoms with Crippen LogP contribution in [0.5, 0.6) is 5.75 Å². The molecule has 0 bridgehead atoms. The molecular formula is C20H34IN3O3. The zero-order valence-corrected chi connectivity index (χ0v) is 18.8. The quantitative estimate of drug-likeness (QED) is 0.203. The third-order valence-electron chi connectivity index (χ3n) is 4.61. The van der Waals surface area contributed by atoms with Crippen molar-refractivity contribution in [1.29, 1.82) is 0 Å². The summed E-state index contributed by atoms with van der Waals surface area (Å²) in [5.74, 6) is 2.19. The Labute approximate surface area is 180 Å². The van der Waals surface area contributed by atoms with E-state index in [-0.39, 0.29) is 30.1 Å². The summed E-state index contributed by atoms with van der Waals surface area (Å²) >= 11 is 0. The van der Waals surface area contributed by atoms with Gasteiger partial charge in [0, 0.05) is 26.3 Å². The minimum absolute atomic E-state index is 0. The number of rotatable bonds is 10. The van der Waals surface area contributed by atoms with E-state index in [1.165, 1.54) is 0 Å². The largest absolute Gasteiger partial charge is 0.497 e. The standard InChI is InChI=1S/C20H33N3O3.HI/c1-3-26-12-4-11-21-20(23-15-17-5-8-18(24)13-17)22-14-16-6-9-19(25-2)10-7-16;/h6-7,9-10,17-18,24H,3-5,8,11-15H2,1-2H3,(H2,21,22,23);1H. The Morgan fingerprint density at radius 3 is 2.63 bits per heavy atom. The van der Waals surface area contributed by atoms with Gasteiger partial charge in [-0.1, -0.05) is 12.1 Å². The van der Waals surface area contributed by atoms with Gasteiger partial charge in [-0.15, -0.1) is 24.0 Å². The summed E-state index contributed by atoms with van der Waals surface area (Å²) in [6.07, 6.45) is 3.67. The van der Waals surface area contributed by atoms with E-state index in [1.807, 2.05) is 31.2 Å². The van der Waals surface area contributed by atoms with Crippen molar-refractivity contribution in [3.8, 4) is 5.75 Å². The zero-order valence-electron chi connectivity index (χ0n) is 16.4. The van der Waals surface area contributed by atoms with E-state index >= 15 is 0 Å². The summed E-state index contributed by atoms with van der Waals surface area (Å²) in [4.78, 5) is 4.70. The highest BCUT2D eigenvalue weighted by Crippen LogP contribution is 2.24. The first kappa shape index (κ1) is 24.0. The van der Waals surface area contributed by atoms with Crippen LogP contribution in [0.4, 0.5) is 0 Å². The molecular weight excluding hydrogens is 457 g/mol. The summed E-state index contributed by atoms with van der Waals surface area (Å²) in [5, 5.41) is 16.5. The van der Waals surface area contributed by atoms with Gasteiger partial charge in [0.05, 0.1) is 19.8 Å². The summed E-state index contributed by atoms with van der Waals surface area (Å²) in [6.45, 7) is 5.79. The number of methoxy groups -OCH3 is 1. The Kier molecular flexibility index (Phi) is 12.4. The Morgan fingerprint density at radius 2 is 2.00 bits per heavy atom. The SMILES string of the molecule is CCOCCCNC(=NCc1ccc(OC)cc1)NCC1CCC(O)C1.I.